The van der Waals surface area contributed by atoms with Crippen molar-refractivity contribution in [3.63, 3.8) is 0 Å². The number of nitrogens with zero attached hydrogens (tertiary/aromatic N) is 2. The largest absolute Gasteiger partial charge is 0.378 e. The maximum absolute atomic E-state index is 6.01. The summed E-state index contributed by atoms with van der Waals surface area (Å²) in [5, 5.41) is 0. The van der Waals surface area contributed by atoms with Crippen molar-refractivity contribution < 1.29 is 4.74 Å². The number of benzene rings is 1. The van der Waals surface area contributed by atoms with Crippen molar-refractivity contribution in [2.24, 2.45) is 5.73 Å². The summed E-state index contributed by atoms with van der Waals surface area (Å²) in [5.41, 5.74) is 8.74. The van der Waals surface area contributed by atoms with Gasteiger partial charge in [-0.15, -0.1) is 12.4 Å². The van der Waals surface area contributed by atoms with Gasteiger partial charge in [0.25, 0.3) is 0 Å². The van der Waals surface area contributed by atoms with Crippen LogP contribution in [0.2, 0.25) is 0 Å². The number of anilines is 1. The molecule has 0 amide bonds. The molecule has 2 fully saturated rings. The number of morpholine rings is 1. The van der Waals surface area contributed by atoms with Crippen molar-refractivity contribution in [1.29, 1.82) is 0 Å². The molecule has 1 aromatic carbocycles. The van der Waals surface area contributed by atoms with Crippen molar-refractivity contribution >= 4 is 34.0 Å². The Kier molecular flexibility index (Phi) is 6.32. The van der Waals surface area contributed by atoms with E-state index >= 15 is 0 Å². The van der Waals surface area contributed by atoms with Crippen LogP contribution in [0.4, 0.5) is 5.69 Å². The summed E-state index contributed by atoms with van der Waals surface area (Å²) in [4.78, 5) is 4.89. The first-order valence-corrected chi connectivity index (χ1v) is 8.11. The fraction of sp³-hybridized carbons (Fsp3) is 0.600. The zero-order valence-corrected chi connectivity index (χ0v) is 14.5. The Hall–Kier alpha value is -0.330. The number of likely N-dealkylation sites (tertiary alicyclic amines) is 1. The lowest BCUT2D eigenvalue weighted by atomic mass is 10.1. The van der Waals surface area contributed by atoms with Gasteiger partial charge in [-0.2, -0.15) is 0 Å². The smallest absolute Gasteiger partial charge is 0.0642 e. The Morgan fingerprint density at radius 1 is 1.24 bits per heavy atom. The van der Waals surface area contributed by atoms with Gasteiger partial charge in [-0.1, -0.05) is 22.0 Å². The molecular formula is C15H23BrClN3O. The van der Waals surface area contributed by atoms with E-state index in [2.05, 4.69) is 43.9 Å². The van der Waals surface area contributed by atoms with Crippen LogP contribution in [0.1, 0.15) is 12.0 Å². The second-order valence-electron chi connectivity index (χ2n) is 5.66. The highest BCUT2D eigenvalue weighted by Gasteiger charge is 2.21. The summed E-state index contributed by atoms with van der Waals surface area (Å²) in [6.45, 7) is 6.71. The minimum atomic E-state index is 0. The van der Waals surface area contributed by atoms with Gasteiger partial charge in [0, 0.05) is 48.9 Å². The molecule has 2 aliphatic heterocycles. The quantitative estimate of drug-likeness (QED) is 0.878. The first-order valence-electron chi connectivity index (χ1n) is 7.31. The lowest BCUT2D eigenvalue weighted by Crippen LogP contribution is -2.37. The lowest BCUT2D eigenvalue weighted by Gasteiger charge is -2.31. The van der Waals surface area contributed by atoms with E-state index in [9.17, 15) is 0 Å². The highest BCUT2D eigenvalue weighted by atomic mass is 79.9. The predicted molar refractivity (Wildman–Crippen MR) is 92.3 cm³/mol. The Bertz CT molecular complexity index is 468. The van der Waals surface area contributed by atoms with Crippen molar-refractivity contribution in [3.05, 3.63) is 28.2 Å². The summed E-state index contributed by atoms with van der Waals surface area (Å²) in [7, 11) is 0. The number of hydrogen-bond acceptors (Lipinski definition) is 4. The second kappa shape index (κ2) is 7.79. The van der Waals surface area contributed by atoms with Crippen molar-refractivity contribution in [1.82, 2.24) is 4.90 Å². The van der Waals surface area contributed by atoms with Crippen LogP contribution in [0.15, 0.2) is 22.7 Å². The van der Waals surface area contributed by atoms with Crippen LogP contribution >= 0.6 is 28.3 Å². The van der Waals surface area contributed by atoms with Gasteiger partial charge in [-0.25, -0.2) is 0 Å². The molecular weight excluding hydrogens is 354 g/mol. The topological polar surface area (TPSA) is 41.7 Å². The summed E-state index contributed by atoms with van der Waals surface area (Å²) >= 11 is 3.59. The zero-order valence-electron chi connectivity index (χ0n) is 12.1. The first-order chi connectivity index (χ1) is 9.72. The number of halogens is 2. The van der Waals surface area contributed by atoms with E-state index in [-0.39, 0.29) is 12.4 Å². The average molecular weight is 377 g/mol. The van der Waals surface area contributed by atoms with E-state index in [1.807, 2.05) is 0 Å². The monoisotopic (exact) mass is 375 g/mol. The van der Waals surface area contributed by atoms with E-state index in [0.29, 0.717) is 6.04 Å². The van der Waals surface area contributed by atoms with Crippen molar-refractivity contribution in [2.75, 3.05) is 44.3 Å². The number of rotatable bonds is 3. The minimum Gasteiger partial charge on any atom is -0.378 e. The molecule has 4 nitrogen and oxygen atoms in total. The summed E-state index contributed by atoms with van der Waals surface area (Å²) in [6, 6.07) is 6.95. The molecule has 0 unspecified atom stereocenters. The number of nitrogens with two attached hydrogens (primary N) is 1. The molecule has 2 N–H and O–H groups in total. The molecule has 21 heavy (non-hydrogen) atoms. The molecule has 0 radical (unpaired) electrons. The average Bonchev–Trinajstić information content (AvgIpc) is 2.87. The molecule has 118 valence electrons. The van der Waals surface area contributed by atoms with Gasteiger partial charge in [0.2, 0.25) is 0 Å². The van der Waals surface area contributed by atoms with Gasteiger partial charge >= 0.3 is 0 Å². The molecule has 0 saturated carbocycles. The Balaban J connectivity index is 0.00000161. The predicted octanol–water partition coefficient (Wildman–Crippen LogP) is 2.24. The highest BCUT2D eigenvalue weighted by molar-refractivity contribution is 9.10. The van der Waals surface area contributed by atoms with Gasteiger partial charge in [0.15, 0.2) is 0 Å². The molecule has 1 aromatic rings. The molecule has 0 aromatic heterocycles. The van der Waals surface area contributed by atoms with E-state index in [1.165, 1.54) is 11.3 Å². The van der Waals surface area contributed by atoms with E-state index in [1.54, 1.807) is 0 Å². The Morgan fingerprint density at radius 2 is 2.00 bits per heavy atom. The Morgan fingerprint density at radius 3 is 2.67 bits per heavy atom. The molecule has 0 bridgehead atoms. The van der Waals surface area contributed by atoms with Crippen LogP contribution in [0.3, 0.4) is 0 Å². The third-order valence-electron chi connectivity index (χ3n) is 4.10. The molecule has 3 rings (SSSR count). The van der Waals surface area contributed by atoms with Gasteiger partial charge in [0.05, 0.1) is 13.2 Å². The van der Waals surface area contributed by atoms with Crippen molar-refractivity contribution in [3.8, 4) is 0 Å². The van der Waals surface area contributed by atoms with Crippen LogP contribution in [0.5, 0.6) is 0 Å². The minimum absolute atomic E-state index is 0. The van der Waals surface area contributed by atoms with Gasteiger partial charge in [0.1, 0.15) is 0 Å². The molecule has 6 heteroatoms. The summed E-state index contributed by atoms with van der Waals surface area (Å²) < 4.78 is 6.60. The molecule has 1 atom stereocenters. The van der Waals surface area contributed by atoms with Crippen molar-refractivity contribution in [2.45, 2.75) is 19.0 Å². The molecule has 0 spiro atoms. The van der Waals surface area contributed by atoms with Crippen LogP contribution in [-0.2, 0) is 11.3 Å². The normalized spacial score (nSPS) is 23.1. The number of hydrogen-bond donors (Lipinski definition) is 1. The molecule has 2 saturated heterocycles. The molecule has 2 heterocycles. The van der Waals surface area contributed by atoms with Gasteiger partial charge in [-0.05, 0) is 24.1 Å². The second-order valence-corrected chi connectivity index (χ2v) is 6.57. The third kappa shape index (κ3) is 4.33. The highest BCUT2D eigenvalue weighted by Crippen LogP contribution is 2.28. The van der Waals surface area contributed by atoms with E-state index in [4.69, 9.17) is 10.5 Å². The lowest BCUT2D eigenvalue weighted by molar-refractivity contribution is 0.122. The van der Waals surface area contributed by atoms with Crippen LogP contribution in [-0.4, -0.2) is 50.3 Å². The standard InChI is InChI=1S/C15H22BrN3O.ClH/c16-13-2-1-12(10-18-4-3-14(17)11-18)15(9-13)19-5-7-20-8-6-19;/h1-2,9,14H,3-8,10-11,17H2;1H/t14-;/m1./s1. The van der Waals surface area contributed by atoms with Crippen LogP contribution in [0.25, 0.3) is 0 Å². The summed E-state index contributed by atoms with van der Waals surface area (Å²) in [5.74, 6) is 0. The number of ether oxygens (including phenoxy) is 1. The first kappa shape index (κ1) is 17.0. The molecule has 0 aliphatic carbocycles. The fourth-order valence-corrected chi connectivity index (χ4v) is 3.37. The molecule has 2 aliphatic rings. The maximum atomic E-state index is 6.01. The van der Waals surface area contributed by atoms with Gasteiger partial charge < -0.3 is 15.4 Å². The summed E-state index contributed by atoms with van der Waals surface area (Å²) in [6.07, 6.45) is 1.11. The van der Waals surface area contributed by atoms with Crippen LogP contribution < -0.4 is 10.6 Å². The maximum Gasteiger partial charge on any atom is 0.0642 e. The van der Waals surface area contributed by atoms with E-state index in [0.717, 1.165) is 56.8 Å². The third-order valence-corrected chi connectivity index (χ3v) is 4.60. The Labute approximate surface area is 141 Å². The van der Waals surface area contributed by atoms with E-state index < -0.39 is 0 Å². The fourth-order valence-electron chi connectivity index (χ4n) is 3.02. The zero-order chi connectivity index (χ0) is 13.9. The van der Waals surface area contributed by atoms with Gasteiger partial charge in [-0.3, -0.25) is 4.90 Å². The SMILES string of the molecule is Cl.N[C@@H]1CCN(Cc2ccc(Br)cc2N2CCOCC2)C1. The van der Waals surface area contributed by atoms with Crippen LogP contribution in [0, 0.1) is 0 Å².